The van der Waals surface area contributed by atoms with E-state index in [-0.39, 0.29) is 0 Å². The van der Waals surface area contributed by atoms with Crippen molar-refractivity contribution in [3.05, 3.63) is 36.2 Å². The Bertz CT molecular complexity index is 590. The number of aryl methyl sites for hydroxylation is 1. The molecular formula is C15H20N4O2. The molecule has 0 fully saturated rings. The van der Waals surface area contributed by atoms with E-state index in [0.717, 1.165) is 5.82 Å². The largest absolute Gasteiger partial charge is 0.490 e. The average Bonchev–Trinajstić information content (AvgIpc) is 2.45. The molecule has 0 amide bonds. The number of nitrogens with two attached hydrogens (primary N) is 1. The van der Waals surface area contributed by atoms with Crippen molar-refractivity contribution < 1.29 is 9.47 Å². The van der Waals surface area contributed by atoms with Gasteiger partial charge in [-0.3, -0.25) is 0 Å². The minimum Gasteiger partial charge on any atom is -0.490 e. The summed E-state index contributed by atoms with van der Waals surface area (Å²) in [6.07, 6.45) is 0. The van der Waals surface area contributed by atoms with Crippen molar-refractivity contribution in [1.29, 1.82) is 0 Å². The van der Waals surface area contributed by atoms with Crippen LogP contribution in [-0.4, -0.2) is 29.7 Å². The summed E-state index contributed by atoms with van der Waals surface area (Å²) in [6, 6.07) is 9.19. The third-order valence-corrected chi connectivity index (χ3v) is 2.69. The summed E-state index contributed by atoms with van der Waals surface area (Å²) < 4.78 is 11.0. The van der Waals surface area contributed by atoms with E-state index in [4.69, 9.17) is 15.2 Å². The fourth-order valence-corrected chi connectivity index (χ4v) is 1.80. The van der Waals surface area contributed by atoms with Crippen LogP contribution in [0.5, 0.6) is 11.6 Å². The van der Waals surface area contributed by atoms with E-state index < -0.39 is 0 Å². The first-order chi connectivity index (χ1) is 10.2. The molecule has 0 aliphatic heterocycles. The zero-order valence-electron chi connectivity index (χ0n) is 12.3. The van der Waals surface area contributed by atoms with Crippen LogP contribution in [0, 0.1) is 6.92 Å². The van der Waals surface area contributed by atoms with Crippen molar-refractivity contribution >= 4 is 11.5 Å². The maximum absolute atomic E-state index is 5.80. The van der Waals surface area contributed by atoms with Gasteiger partial charge in [-0.15, -0.1) is 0 Å². The fourth-order valence-electron chi connectivity index (χ4n) is 1.80. The van der Waals surface area contributed by atoms with Gasteiger partial charge in [-0.1, -0.05) is 12.1 Å². The Kier molecular flexibility index (Phi) is 5.20. The molecule has 0 saturated heterocycles. The highest BCUT2D eigenvalue weighted by molar-refractivity contribution is 5.51. The third kappa shape index (κ3) is 4.52. The van der Waals surface area contributed by atoms with E-state index in [9.17, 15) is 0 Å². The van der Waals surface area contributed by atoms with Crippen LogP contribution in [0.3, 0.4) is 0 Å². The number of benzene rings is 1. The van der Waals surface area contributed by atoms with Crippen LogP contribution in [0.25, 0.3) is 0 Å². The van der Waals surface area contributed by atoms with E-state index in [1.165, 1.54) is 0 Å². The lowest BCUT2D eigenvalue weighted by atomic mass is 10.3. The van der Waals surface area contributed by atoms with Crippen LogP contribution in [0.4, 0.5) is 11.5 Å². The lowest BCUT2D eigenvalue weighted by Gasteiger charge is -2.11. The van der Waals surface area contributed by atoms with Crippen molar-refractivity contribution in [2.45, 2.75) is 13.8 Å². The van der Waals surface area contributed by atoms with Gasteiger partial charge in [0.05, 0.1) is 18.8 Å². The predicted molar refractivity (Wildman–Crippen MR) is 82.8 cm³/mol. The van der Waals surface area contributed by atoms with Gasteiger partial charge in [0.1, 0.15) is 24.0 Å². The summed E-state index contributed by atoms with van der Waals surface area (Å²) in [6.45, 7) is 5.42. The van der Waals surface area contributed by atoms with Crippen molar-refractivity contribution in [3.8, 4) is 11.6 Å². The minimum absolute atomic E-state index is 0.487. The number of aromatic nitrogens is 2. The fraction of sp³-hybridized carbons (Fsp3) is 0.333. The van der Waals surface area contributed by atoms with Crippen LogP contribution >= 0.6 is 0 Å². The Balaban J connectivity index is 1.85. The van der Waals surface area contributed by atoms with Gasteiger partial charge < -0.3 is 20.5 Å². The van der Waals surface area contributed by atoms with Crippen molar-refractivity contribution in [3.63, 3.8) is 0 Å². The van der Waals surface area contributed by atoms with Gasteiger partial charge in [0.25, 0.3) is 0 Å². The molecule has 2 aromatic rings. The van der Waals surface area contributed by atoms with Gasteiger partial charge in [-0.05, 0) is 26.0 Å². The molecule has 0 atom stereocenters. The Hall–Kier alpha value is -2.50. The van der Waals surface area contributed by atoms with Crippen LogP contribution in [0.15, 0.2) is 30.3 Å². The first-order valence-electron chi connectivity index (χ1n) is 6.88. The number of nitrogen functional groups attached to an aromatic ring is 1. The summed E-state index contributed by atoms with van der Waals surface area (Å²) in [5, 5.41) is 3.18. The molecule has 0 spiro atoms. The van der Waals surface area contributed by atoms with Crippen LogP contribution in [0.1, 0.15) is 12.7 Å². The zero-order chi connectivity index (χ0) is 15.1. The molecule has 0 unspecified atom stereocenters. The molecule has 0 bridgehead atoms. The maximum Gasteiger partial charge on any atom is 0.218 e. The predicted octanol–water partition coefficient (Wildman–Crippen LogP) is 2.26. The molecule has 6 nitrogen and oxygen atoms in total. The number of anilines is 2. The minimum atomic E-state index is 0.487. The number of ether oxygens (including phenoxy) is 2. The van der Waals surface area contributed by atoms with Gasteiger partial charge in [0.2, 0.25) is 5.88 Å². The molecule has 0 aliphatic carbocycles. The first-order valence-corrected chi connectivity index (χ1v) is 6.88. The lowest BCUT2D eigenvalue weighted by molar-refractivity contribution is 0.325. The molecule has 1 aromatic heterocycles. The molecule has 0 aliphatic rings. The standard InChI is InChI=1S/C15H20N4O2/c1-3-20-15-10-14(18-11(2)19-15)17-8-9-21-13-7-5-4-6-12(13)16/h4-7,10H,3,8-9,16H2,1-2H3,(H,17,18,19). The molecule has 21 heavy (non-hydrogen) atoms. The SMILES string of the molecule is CCOc1cc(NCCOc2ccccc2N)nc(C)n1. The first kappa shape index (κ1) is 14.9. The highest BCUT2D eigenvalue weighted by Crippen LogP contribution is 2.19. The quantitative estimate of drug-likeness (QED) is 0.600. The van der Waals surface area contributed by atoms with Crippen molar-refractivity contribution in [1.82, 2.24) is 9.97 Å². The second kappa shape index (κ2) is 7.33. The number of hydrogen-bond donors (Lipinski definition) is 2. The Labute approximate surface area is 124 Å². The smallest absolute Gasteiger partial charge is 0.218 e. The van der Waals surface area contributed by atoms with Gasteiger partial charge in [0.15, 0.2) is 0 Å². The van der Waals surface area contributed by atoms with Crippen LogP contribution < -0.4 is 20.5 Å². The van der Waals surface area contributed by atoms with E-state index >= 15 is 0 Å². The highest BCUT2D eigenvalue weighted by atomic mass is 16.5. The lowest BCUT2D eigenvalue weighted by Crippen LogP contribution is -2.13. The van der Waals surface area contributed by atoms with Crippen LogP contribution in [0.2, 0.25) is 0 Å². The zero-order valence-corrected chi connectivity index (χ0v) is 12.3. The molecule has 1 aromatic carbocycles. The van der Waals surface area contributed by atoms with Gasteiger partial charge in [-0.2, -0.15) is 4.98 Å². The van der Waals surface area contributed by atoms with Gasteiger partial charge in [0, 0.05) is 6.07 Å². The number of hydrogen-bond acceptors (Lipinski definition) is 6. The average molecular weight is 288 g/mol. The molecule has 1 heterocycles. The maximum atomic E-state index is 5.80. The molecule has 0 saturated carbocycles. The summed E-state index contributed by atoms with van der Waals surface area (Å²) in [7, 11) is 0. The number of nitrogens with zero attached hydrogens (tertiary/aromatic N) is 2. The van der Waals surface area contributed by atoms with E-state index in [1.54, 1.807) is 6.07 Å². The monoisotopic (exact) mass is 288 g/mol. The Morgan fingerprint density at radius 1 is 1.19 bits per heavy atom. The Morgan fingerprint density at radius 2 is 2.00 bits per heavy atom. The molecule has 3 N–H and O–H groups in total. The second-order valence-corrected chi connectivity index (χ2v) is 4.38. The van der Waals surface area contributed by atoms with Crippen molar-refractivity contribution in [2.24, 2.45) is 0 Å². The summed E-state index contributed by atoms with van der Waals surface area (Å²) in [4.78, 5) is 8.49. The topological polar surface area (TPSA) is 82.3 Å². The van der Waals surface area contributed by atoms with E-state index in [0.29, 0.717) is 42.9 Å². The highest BCUT2D eigenvalue weighted by Gasteiger charge is 2.03. The Morgan fingerprint density at radius 3 is 2.76 bits per heavy atom. The third-order valence-electron chi connectivity index (χ3n) is 2.69. The number of rotatable bonds is 7. The van der Waals surface area contributed by atoms with E-state index in [2.05, 4.69) is 15.3 Å². The molecular weight excluding hydrogens is 268 g/mol. The summed E-state index contributed by atoms with van der Waals surface area (Å²) in [5.74, 6) is 2.64. The van der Waals surface area contributed by atoms with Gasteiger partial charge in [-0.25, -0.2) is 4.98 Å². The normalized spacial score (nSPS) is 10.2. The molecule has 0 radical (unpaired) electrons. The van der Waals surface area contributed by atoms with Crippen LogP contribution in [-0.2, 0) is 0 Å². The molecule has 2 rings (SSSR count). The second-order valence-electron chi connectivity index (χ2n) is 4.38. The van der Waals surface area contributed by atoms with Gasteiger partial charge >= 0.3 is 0 Å². The van der Waals surface area contributed by atoms with E-state index in [1.807, 2.05) is 38.1 Å². The summed E-state index contributed by atoms with van der Waals surface area (Å²) in [5.41, 5.74) is 6.44. The van der Waals surface area contributed by atoms with Crippen molar-refractivity contribution in [2.75, 3.05) is 30.8 Å². The number of nitrogens with one attached hydrogen (secondary N) is 1. The number of para-hydroxylation sites is 2. The summed E-state index contributed by atoms with van der Waals surface area (Å²) >= 11 is 0. The molecule has 112 valence electrons. The molecule has 6 heteroatoms.